The summed E-state index contributed by atoms with van der Waals surface area (Å²) in [7, 11) is 0. The van der Waals surface area contributed by atoms with Gasteiger partial charge in [0.05, 0.1) is 0 Å². The Hall–Kier alpha value is -1.48. The molecule has 30 heavy (non-hydrogen) atoms. The van der Waals surface area contributed by atoms with Crippen molar-refractivity contribution < 1.29 is 8.78 Å². The quantitative estimate of drug-likeness (QED) is 0.500. The number of fused-ring (bicyclic) bond motifs is 1. The lowest BCUT2D eigenvalue weighted by Gasteiger charge is -2.29. The number of rotatable bonds is 4. The summed E-state index contributed by atoms with van der Waals surface area (Å²) in [6.45, 7) is 3.92. The van der Waals surface area contributed by atoms with Crippen molar-refractivity contribution in [3.8, 4) is 0 Å². The second kappa shape index (κ2) is 8.94. The minimum atomic E-state index is -0.331. The Morgan fingerprint density at radius 1 is 0.800 bits per heavy atom. The second-order valence-electron chi connectivity index (χ2n) is 6.75. The Kier molecular flexibility index (Phi) is 6.48. The highest BCUT2D eigenvalue weighted by Gasteiger charge is 2.42. The van der Waals surface area contributed by atoms with Crippen molar-refractivity contribution in [2.75, 3.05) is 0 Å². The highest BCUT2D eigenvalue weighted by molar-refractivity contribution is 8.13. The summed E-state index contributed by atoms with van der Waals surface area (Å²) >= 11 is 15.1. The summed E-state index contributed by atoms with van der Waals surface area (Å²) in [5, 5.41) is 6.25. The number of hydrogen-bond acceptors (Lipinski definition) is 6. The smallest absolute Gasteiger partial charge is 0.182 e. The zero-order valence-corrected chi connectivity index (χ0v) is 19.3. The number of amidine groups is 2. The van der Waals surface area contributed by atoms with Crippen LogP contribution in [0.15, 0.2) is 46.4 Å². The molecule has 0 saturated carbocycles. The number of halogens is 4. The molecule has 10 heteroatoms. The first-order valence-corrected chi connectivity index (χ1v) is 11.9. The maximum atomic E-state index is 14.1. The van der Waals surface area contributed by atoms with Crippen molar-refractivity contribution in [1.29, 1.82) is 0 Å². The van der Waals surface area contributed by atoms with Gasteiger partial charge in [0.1, 0.15) is 24.0 Å². The van der Waals surface area contributed by atoms with E-state index in [1.165, 1.54) is 35.7 Å². The van der Waals surface area contributed by atoms with Crippen LogP contribution in [0, 0.1) is 11.6 Å². The van der Waals surface area contributed by atoms with Crippen molar-refractivity contribution in [3.63, 3.8) is 0 Å². The van der Waals surface area contributed by atoms with E-state index < -0.39 is 0 Å². The predicted octanol–water partition coefficient (Wildman–Crippen LogP) is 6.39. The predicted molar refractivity (Wildman–Crippen MR) is 123 cm³/mol. The molecule has 4 nitrogen and oxygen atoms in total. The summed E-state index contributed by atoms with van der Waals surface area (Å²) in [5.74, 6) is 0.0625. The number of hydrazine groups is 1. The Morgan fingerprint density at radius 3 is 1.57 bits per heavy atom. The third-order valence-corrected chi connectivity index (χ3v) is 7.42. The van der Waals surface area contributed by atoms with E-state index in [4.69, 9.17) is 33.2 Å². The van der Waals surface area contributed by atoms with Gasteiger partial charge in [0, 0.05) is 32.7 Å². The van der Waals surface area contributed by atoms with Gasteiger partial charge >= 0.3 is 0 Å². The van der Waals surface area contributed by atoms with Crippen LogP contribution in [-0.4, -0.2) is 32.7 Å². The minimum Gasteiger partial charge on any atom is -0.234 e. The third-order valence-electron chi connectivity index (χ3n) is 4.74. The van der Waals surface area contributed by atoms with Gasteiger partial charge in [-0.3, -0.25) is 0 Å². The number of thioether (sulfide) groups is 2. The highest BCUT2D eigenvalue weighted by Crippen LogP contribution is 2.37. The lowest BCUT2D eigenvalue weighted by atomic mass is 10.2. The summed E-state index contributed by atoms with van der Waals surface area (Å²) in [4.78, 5) is 9.42. The first kappa shape index (κ1) is 21.7. The summed E-state index contributed by atoms with van der Waals surface area (Å²) in [6.07, 6.45) is -0.341. The van der Waals surface area contributed by atoms with Crippen LogP contribution in [-0.2, 0) is 11.5 Å². The molecule has 0 spiro atoms. The lowest BCUT2D eigenvalue weighted by Crippen LogP contribution is -2.44. The topological polar surface area (TPSA) is 31.2 Å². The Morgan fingerprint density at radius 2 is 1.20 bits per heavy atom. The number of nitrogens with zero attached hydrogens (tertiary/aromatic N) is 4. The van der Waals surface area contributed by atoms with Crippen LogP contribution in [0.2, 0.25) is 10.0 Å². The van der Waals surface area contributed by atoms with Crippen LogP contribution >= 0.6 is 46.7 Å². The summed E-state index contributed by atoms with van der Waals surface area (Å²) in [6, 6.07) is 9.33. The van der Waals surface area contributed by atoms with Crippen LogP contribution < -0.4 is 0 Å². The monoisotopic (exact) mass is 486 g/mol. The normalized spacial score (nSPS) is 20.5. The molecule has 0 aliphatic carbocycles. The van der Waals surface area contributed by atoms with Crippen molar-refractivity contribution in [1.82, 2.24) is 10.0 Å². The molecule has 158 valence electrons. The molecule has 2 atom stereocenters. The van der Waals surface area contributed by atoms with Gasteiger partial charge in [0.25, 0.3) is 0 Å². The van der Waals surface area contributed by atoms with Gasteiger partial charge in [0.2, 0.25) is 0 Å². The first-order valence-electron chi connectivity index (χ1n) is 9.22. The van der Waals surface area contributed by atoms with Crippen LogP contribution in [0.3, 0.4) is 0 Å². The summed E-state index contributed by atoms with van der Waals surface area (Å²) < 4.78 is 28.2. The Balaban J connectivity index is 1.45. The molecule has 0 N–H and O–H groups in total. The molecule has 0 saturated heterocycles. The van der Waals surface area contributed by atoms with Crippen molar-refractivity contribution >= 4 is 57.1 Å². The fraction of sp³-hybridized carbons (Fsp3) is 0.300. The second-order valence-corrected chi connectivity index (χ2v) is 9.45. The zero-order chi connectivity index (χ0) is 21.4. The third kappa shape index (κ3) is 4.15. The van der Waals surface area contributed by atoms with E-state index in [-0.39, 0.29) is 24.0 Å². The molecule has 0 fully saturated rings. The average Bonchev–Trinajstić information content (AvgIpc) is 3.19. The van der Waals surface area contributed by atoms with E-state index >= 15 is 0 Å². The minimum absolute atomic E-state index is 0.170. The van der Waals surface area contributed by atoms with Crippen molar-refractivity contribution in [2.24, 2.45) is 9.98 Å². The molecule has 2 aliphatic rings. The molecule has 2 heterocycles. The van der Waals surface area contributed by atoms with E-state index in [1.807, 2.05) is 23.9 Å². The molecule has 2 aliphatic heterocycles. The largest absolute Gasteiger partial charge is 0.234 e. The van der Waals surface area contributed by atoms with Gasteiger partial charge in [-0.2, -0.15) is 0 Å². The molecule has 0 radical (unpaired) electrons. The molecular weight excluding hydrogens is 469 g/mol. The van der Waals surface area contributed by atoms with E-state index in [0.717, 1.165) is 10.3 Å². The fourth-order valence-corrected chi connectivity index (χ4v) is 6.18. The average molecular weight is 487 g/mol. The lowest BCUT2D eigenvalue weighted by molar-refractivity contribution is 0.119. The molecule has 0 aromatic heterocycles. The molecule has 0 amide bonds. The molecular formula is C20H18Cl2F2N4S2. The van der Waals surface area contributed by atoms with Gasteiger partial charge in [-0.25, -0.2) is 28.8 Å². The molecule has 0 unspecified atom stereocenters. The molecule has 2 aromatic carbocycles. The summed E-state index contributed by atoms with van der Waals surface area (Å²) in [5.41, 5.74) is 0.907. The highest BCUT2D eigenvalue weighted by atomic mass is 35.5. The van der Waals surface area contributed by atoms with Crippen LogP contribution in [0.1, 0.15) is 25.0 Å². The zero-order valence-electron chi connectivity index (χ0n) is 16.2. The van der Waals surface area contributed by atoms with Crippen LogP contribution in [0.25, 0.3) is 0 Å². The molecule has 4 rings (SSSR count). The van der Waals surface area contributed by atoms with Crippen LogP contribution in [0.4, 0.5) is 8.78 Å². The molecule has 0 bridgehead atoms. The van der Waals surface area contributed by atoms with E-state index in [2.05, 4.69) is 0 Å². The van der Waals surface area contributed by atoms with Crippen molar-refractivity contribution in [2.45, 2.75) is 37.7 Å². The maximum absolute atomic E-state index is 14.1. The first-order chi connectivity index (χ1) is 14.4. The Bertz CT molecular complexity index is 912. The van der Waals surface area contributed by atoms with Gasteiger partial charge in [-0.15, -0.1) is 0 Å². The maximum Gasteiger partial charge on any atom is 0.182 e. The fourth-order valence-electron chi connectivity index (χ4n) is 3.23. The molecule has 2 aromatic rings. The number of hydrogen-bond donors (Lipinski definition) is 0. The Labute approximate surface area is 192 Å². The van der Waals surface area contributed by atoms with Gasteiger partial charge < -0.3 is 0 Å². The van der Waals surface area contributed by atoms with Gasteiger partial charge in [-0.1, -0.05) is 58.9 Å². The standard InChI is InChI=1S/C20H18Cl2F2N4S2/c1-11-25-19(29-9-13-15(21)5-3-7-17(13)23)28-12(2)26-20(27(11)28)30-10-14-16(22)6-4-8-18(14)24/h3-8,11-12H,9-10H2,1-2H3/t11-,12-/m1/s1. The SMILES string of the molecule is C[C@@H]1N=C(SCc2c(F)cccc2Cl)N2[C@H](C)N=C(SCc3c(F)cccc3Cl)N12. The number of benzene rings is 2. The van der Waals surface area contributed by atoms with Gasteiger partial charge in [0.15, 0.2) is 10.3 Å². The van der Waals surface area contributed by atoms with E-state index in [1.54, 1.807) is 24.3 Å². The number of aliphatic imine (C=N–C) groups is 2. The van der Waals surface area contributed by atoms with Crippen molar-refractivity contribution in [3.05, 3.63) is 69.2 Å². The van der Waals surface area contributed by atoms with Gasteiger partial charge in [-0.05, 0) is 38.1 Å². The van der Waals surface area contributed by atoms with E-state index in [0.29, 0.717) is 32.7 Å². The van der Waals surface area contributed by atoms with Crippen LogP contribution in [0.5, 0.6) is 0 Å². The van der Waals surface area contributed by atoms with E-state index in [9.17, 15) is 8.78 Å².